The van der Waals surface area contributed by atoms with Crippen LogP contribution in [0.1, 0.15) is 181 Å². The van der Waals surface area contributed by atoms with E-state index in [1.165, 1.54) is 154 Å². The molecule has 0 aliphatic carbocycles. The van der Waals surface area contributed by atoms with Gasteiger partial charge >= 0.3 is 0 Å². The highest BCUT2D eigenvalue weighted by Gasteiger charge is 2.27. The molecule has 0 aromatic heterocycles. The fourth-order valence-corrected chi connectivity index (χ4v) is 5.13. The van der Waals surface area contributed by atoms with Crippen LogP contribution >= 0.6 is 0 Å². The summed E-state index contributed by atoms with van der Waals surface area (Å²) in [7, 11) is 1.80. The summed E-state index contributed by atoms with van der Waals surface area (Å²) in [6.07, 6.45) is 35.1. The van der Waals surface area contributed by atoms with Gasteiger partial charge in [-0.15, -0.1) is 0 Å². The van der Waals surface area contributed by atoms with Gasteiger partial charge in [-0.25, -0.2) is 0 Å². The molecule has 0 spiro atoms. The second-order valence-corrected chi connectivity index (χ2v) is 10.8. The van der Waals surface area contributed by atoms with Gasteiger partial charge in [0.15, 0.2) is 0 Å². The molecule has 2 heteroatoms. The molecule has 0 fully saturated rings. The largest absolute Gasteiger partial charge is 0.393 e. The van der Waals surface area contributed by atoms with Crippen LogP contribution in [-0.4, -0.2) is 24.4 Å². The third kappa shape index (κ3) is 22.1. The second-order valence-electron chi connectivity index (χ2n) is 10.8. The van der Waals surface area contributed by atoms with Crippen LogP contribution in [0.2, 0.25) is 0 Å². The van der Waals surface area contributed by atoms with Crippen molar-refractivity contribution in [3.05, 3.63) is 0 Å². The summed E-state index contributed by atoms with van der Waals surface area (Å²) in [5.74, 6) is 0. The van der Waals surface area contributed by atoms with Crippen molar-refractivity contribution in [3.8, 4) is 0 Å². The van der Waals surface area contributed by atoms with Crippen molar-refractivity contribution in [1.82, 2.24) is 0 Å². The Morgan fingerprint density at radius 3 is 0.879 bits per heavy atom. The minimum atomic E-state index is -0.281. The minimum absolute atomic E-state index is 0.180. The molecule has 0 saturated carbocycles. The van der Waals surface area contributed by atoms with E-state index in [1.807, 2.05) is 0 Å². The van der Waals surface area contributed by atoms with Crippen molar-refractivity contribution in [3.63, 3.8) is 0 Å². The van der Waals surface area contributed by atoms with Crippen molar-refractivity contribution < 1.29 is 9.84 Å². The molecule has 33 heavy (non-hydrogen) atoms. The lowest BCUT2D eigenvalue weighted by Gasteiger charge is -2.30. The molecule has 0 radical (unpaired) electrons. The molecule has 0 aliphatic rings. The van der Waals surface area contributed by atoms with Crippen LogP contribution in [0.15, 0.2) is 0 Å². The van der Waals surface area contributed by atoms with Gasteiger partial charge in [0.05, 0.1) is 12.2 Å². The Morgan fingerprint density at radius 1 is 0.424 bits per heavy atom. The van der Waals surface area contributed by atoms with Gasteiger partial charge in [0.2, 0.25) is 0 Å². The predicted octanol–water partition coefficient (Wildman–Crippen LogP) is 10.5. The first-order chi connectivity index (χ1) is 16.2. The van der Waals surface area contributed by atoms with Gasteiger partial charge < -0.3 is 9.84 Å². The number of hydrogen-bond donors (Lipinski definition) is 1. The normalized spacial score (nSPS) is 12.0. The van der Waals surface area contributed by atoms with Crippen molar-refractivity contribution in [2.75, 3.05) is 13.7 Å². The molecule has 0 heterocycles. The molecule has 0 amide bonds. The van der Waals surface area contributed by atoms with Crippen molar-refractivity contribution in [1.29, 1.82) is 0 Å². The zero-order valence-corrected chi connectivity index (χ0v) is 23.4. The lowest BCUT2D eigenvalue weighted by Crippen LogP contribution is -2.35. The molecule has 0 atom stereocenters. The maximum atomic E-state index is 10.0. The number of methoxy groups -OCH3 is 1. The molecule has 0 aromatic rings. The molecule has 0 rings (SSSR count). The van der Waals surface area contributed by atoms with Crippen LogP contribution in [0.4, 0.5) is 0 Å². The van der Waals surface area contributed by atoms with E-state index in [0.29, 0.717) is 0 Å². The molecular weight excluding hydrogens is 404 g/mol. The second kappa shape index (κ2) is 26.5. The lowest BCUT2D eigenvalue weighted by atomic mass is 9.90. The molecule has 2 nitrogen and oxygen atoms in total. The van der Waals surface area contributed by atoms with E-state index < -0.39 is 0 Å². The van der Waals surface area contributed by atoms with Crippen LogP contribution in [0.25, 0.3) is 0 Å². The fraction of sp³-hybridized carbons (Fsp3) is 1.00. The van der Waals surface area contributed by atoms with E-state index in [9.17, 15) is 5.11 Å². The first-order valence-electron chi connectivity index (χ1n) is 15.4. The Labute approximate surface area is 210 Å². The van der Waals surface area contributed by atoms with E-state index in [2.05, 4.69) is 13.8 Å². The highest BCUT2D eigenvalue weighted by molar-refractivity contribution is 4.79. The lowest BCUT2D eigenvalue weighted by molar-refractivity contribution is -0.0663. The summed E-state index contributed by atoms with van der Waals surface area (Å²) in [4.78, 5) is 0. The first-order valence-corrected chi connectivity index (χ1v) is 15.4. The molecule has 200 valence electrons. The van der Waals surface area contributed by atoms with Crippen molar-refractivity contribution >= 4 is 0 Å². The van der Waals surface area contributed by atoms with Gasteiger partial charge in [-0.1, -0.05) is 168 Å². The van der Waals surface area contributed by atoms with E-state index in [0.717, 1.165) is 12.8 Å². The smallest absolute Gasteiger partial charge is 0.0908 e. The van der Waals surface area contributed by atoms with Gasteiger partial charge in [0.1, 0.15) is 0 Å². The summed E-state index contributed by atoms with van der Waals surface area (Å²) >= 11 is 0. The molecule has 0 unspecified atom stereocenters. The summed E-state index contributed by atoms with van der Waals surface area (Å²) in [6, 6.07) is 0. The van der Waals surface area contributed by atoms with Crippen LogP contribution in [0, 0.1) is 0 Å². The number of hydrogen-bond acceptors (Lipinski definition) is 2. The maximum absolute atomic E-state index is 10.0. The molecular formula is C31H64O2. The van der Waals surface area contributed by atoms with Crippen LogP contribution in [0.3, 0.4) is 0 Å². The zero-order valence-electron chi connectivity index (χ0n) is 23.4. The molecule has 0 aliphatic heterocycles. The maximum Gasteiger partial charge on any atom is 0.0908 e. The number of rotatable bonds is 28. The number of aliphatic hydroxyl groups excluding tert-OH is 1. The minimum Gasteiger partial charge on any atom is -0.393 e. The third-order valence-electron chi connectivity index (χ3n) is 7.69. The van der Waals surface area contributed by atoms with Gasteiger partial charge in [0.25, 0.3) is 0 Å². The highest BCUT2D eigenvalue weighted by atomic mass is 16.5. The molecule has 0 bridgehead atoms. The zero-order chi connectivity index (χ0) is 24.3. The van der Waals surface area contributed by atoms with Gasteiger partial charge in [-0.2, -0.15) is 0 Å². The molecule has 0 saturated heterocycles. The van der Waals surface area contributed by atoms with Crippen LogP contribution in [-0.2, 0) is 4.74 Å². The van der Waals surface area contributed by atoms with Crippen LogP contribution < -0.4 is 0 Å². The Morgan fingerprint density at radius 2 is 0.667 bits per heavy atom. The van der Waals surface area contributed by atoms with Gasteiger partial charge in [0, 0.05) is 7.11 Å². The highest BCUT2D eigenvalue weighted by Crippen LogP contribution is 2.26. The predicted molar refractivity (Wildman–Crippen MR) is 148 cm³/mol. The van der Waals surface area contributed by atoms with E-state index in [-0.39, 0.29) is 12.2 Å². The average molecular weight is 469 g/mol. The SMILES string of the molecule is CCCCCCCCCCCCCCC(CO)(CCCCCCCCCCCCCC)OC. The number of unbranched alkanes of at least 4 members (excludes halogenated alkanes) is 22. The molecule has 0 aromatic carbocycles. The first kappa shape index (κ1) is 32.9. The standard InChI is InChI=1S/C31H64O2/c1-4-6-8-10-12-14-16-18-20-22-24-26-28-31(30-32,33-3)29-27-25-23-21-19-17-15-13-11-9-7-5-2/h32H,4-30H2,1-3H3. The van der Waals surface area contributed by atoms with Crippen molar-refractivity contribution in [2.24, 2.45) is 0 Å². The topological polar surface area (TPSA) is 29.5 Å². The van der Waals surface area contributed by atoms with E-state index in [4.69, 9.17) is 4.74 Å². The Balaban J connectivity index is 3.58. The summed E-state index contributed by atoms with van der Waals surface area (Å²) in [5, 5.41) is 10.0. The van der Waals surface area contributed by atoms with E-state index >= 15 is 0 Å². The quantitative estimate of drug-likeness (QED) is 0.116. The molecule has 1 N–H and O–H groups in total. The Kier molecular flexibility index (Phi) is 26.5. The number of ether oxygens (including phenoxy) is 1. The average Bonchev–Trinajstić information content (AvgIpc) is 2.84. The third-order valence-corrected chi connectivity index (χ3v) is 7.69. The van der Waals surface area contributed by atoms with Crippen molar-refractivity contribution in [2.45, 2.75) is 186 Å². The van der Waals surface area contributed by atoms with E-state index in [1.54, 1.807) is 7.11 Å². The monoisotopic (exact) mass is 468 g/mol. The summed E-state index contributed by atoms with van der Waals surface area (Å²) < 4.78 is 5.84. The van der Waals surface area contributed by atoms with Crippen LogP contribution in [0.5, 0.6) is 0 Å². The summed E-state index contributed by atoms with van der Waals surface area (Å²) in [6.45, 7) is 4.76. The van der Waals surface area contributed by atoms with Gasteiger partial charge in [-0.3, -0.25) is 0 Å². The van der Waals surface area contributed by atoms with Gasteiger partial charge in [-0.05, 0) is 12.8 Å². The Hall–Kier alpha value is -0.0800. The fourth-order valence-electron chi connectivity index (χ4n) is 5.13. The number of aliphatic hydroxyl groups is 1. The Bertz CT molecular complexity index is 321. The summed E-state index contributed by atoms with van der Waals surface area (Å²) in [5.41, 5.74) is -0.281.